The average Bonchev–Trinajstić information content (AvgIpc) is 3.41. The van der Waals surface area contributed by atoms with Crippen LogP contribution in [0.25, 0.3) is 16.4 Å². The fraction of sp³-hybridized carbons (Fsp3) is 0.350. The van der Waals surface area contributed by atoms with E-state index in [4.69, 9.17) is 0 Å². The maximum atomic E-state index is 13.2. The molecule has 27 heavy (non-hydrogen) atoms. The molecule has 0 aliphatic carbocycles. The largest absolute Gasteiger partial charge is 0.334 e. The van der Waals surface area contributed by atoms with Gasteiger partial charge in [-0.2, -0.15) is 0 Å². The third kappa shape index (κ3) is 3.17. The summed E-state index contributed by atoms with van der Waals surface area (Å²) in [5, 5.41) is 10.2. The summed E-state index contributed by atoms with van der Waals surface area (Å²) < 4.78 is 1.78. The van der Waals surface area contributed by atoms with E-state index in [-0.39, 0.29) is 11.7 Å². The quantitative estimate of drug-likeness (QED) is 0.760. The molecule has 138 valence electrons. The van der Waals surface area contributed by atoms with Crippen molar-refractivity contribution < 1.29 is 4.79 Å². The lowest BCUT2D eigenvalue weighted by Gasteiger charge is -2.22. The minimum atomic E-state index is -0.0724. The van der Waals surface area contributed by atoms with Crippen molar-refractivity contribution in [3.8, 4) is 16.4 Å². The molecular formula is C20H21N5OS. The van der Waals surface area contributed by atoms with Gasteiger partial charge in [0, 0.05) is 25.2 Å². The number of hydrogen-bond donors (Lipinski definition) is 1. The Kier molecular flexibility index (Phi) is 4.26. The Morgan fingerprint density at radius 1 is 1.07 bits per heavy atom. The molecule has 4 heterocycles. The molecule has 5 rings (SSSR count). The van der Waals surface area contributed by atoms with Crippen LogP contribution in [0.5, 0.6) is 0 Å². The van der Waals surface area contributed by atoms with E-state index in [1.165, 1.54) is 6.42 Å². The molecule has 2 aliphatic rings. The Morgan fingerprint density at radius 2 is 1.93 bits per heavy atom. The molecule has 2 bridgehead atoms. The number of fused-ring (bicyclic) bond motifs is 2. The summed E-state index contributed by atoms with van der Waals surface area (Å²) in [6.45, 7) is 1.50. The van der Waals surface area contributed by atoms with Crippen molar-refractivity contribution in [3.05, 3.63) is 53.7 Å². The summed E-state index contributed by atoms with van der Waals surface area (Å²) in [7, 11) is 0. The number of hydrogen-bond acceptors (Lipinski definition) is 5. The Morgan fingerprint density at radius 3 is 2.74 bits per heavy atom. The van der Waals surface area contributed by atoms with Crippen LogP contribution in [-0.4, -0.2) is 50.7 Å². The maximum Gasteiger partial charge on any atom is 0.293 e. The summed E-state index contributed by atoms with van der Waals surface area (Å²) in [6, 6.07) is 14.8. The highest BCUT2D eigenvalue weighted by atomic mass is 32.1. The van der Waals surface area contributed by atoms with Crippen molar-refractivity contribution in [1.82, 2.24) is 25.0 Å². The van der Waals surface area contributed by atoms with Crippen LogP contribution >= 0.6 is 11.3 Å². The van der Waals surface area contributed by atoms with Gasteiger partial charge in [0.2, 0.25) is 5.82 Å². The number of nitrogens with one attached hydrogen (secondary N) is 1. The Bertz CT molecular complexity index is 937. The fourth-order valence-electron chi connectivity index (χ4n) is 3.99. The van der Waals surface area contributed by atoms with E-state index in [1.807, 2.05) is 52.7 Å². The minimum absolute atomic E-state index is 0.0724. The monoisotopic (exact) mass is 379 g/mol. The predicted octanol–water partition coefficient (Wildman–Crippen LogP) is 2.96. The number of aromatic nitrogens is 3. The second-order valence-electron chi connectivity index (χ2n) is 7.16. The van der Waals surface area contributed by atoms with E-state index >= 15 is 0 Å². The number of para-hydroxylation sites is 1. The second-order valence-corrected chi connectivity index (χ2v) is 8.11. The molecule has 3 aromatic rings. The number of nitrogens with zero attached hydrogens (tertiary/aromatic N) is 4. The van der Waals surface area contributed by atoms with Gasteiger partial charge in [-0.3, -0.25) is 4.79 Å². The zero-order valence-corrected chi connectivity index (χ0v) is 15.7. The zero-order chi connectivity index (χ0) is 18.2. The number of likely N-dealkylation sites (tertiary alicyclic amines) is 1. The molecule has 0 spiro atoms. The smallest absolute Gasteiger partial charge is 0.293 e. The van der Waals surface area contributed by atoms with E-state index in [1.54, 1.807) is 16.0 Å². The summed E-state index contributed by atoms with van der Waals surface area (Å²) >= 11 is 1.60. The molecule has 2 saturated heterocycles. The van der Waals surface area contributed by atoms with Crippen molar-refractivity contribution in [3.63, 3.8) is 0 Å². The average molecular weight is 379 g/mol. The van der Waals surface area contributed by atoms with Crippen molar-refractivity contribution >= 4 is 17.2 Å². The molecule has 1 amide bonds. The SMILES string of the molecule is O=C(c1nc(-c2cccs2)n(-c2ccccc2)n1)N1CCC2CCC(C1)N2. The number of carbonyl (C=O) groups is 1. The number of rotatable bonds is 3. The second kappa shape index (κ2) is 6.90. The van der Waals surface area contributed by atoms with Gasteiger partial charge in [0.15, 0.2) is 5.82 Å². The predicted molar refractivity (Wildman–Crippen MR) is 105 cm³/mol. The number of benzene rings is 1. The van der Waals surface area contributed by atoms with Gasteiger partial charge in [-0.15, -0.1) is 16.4 Å². The number of carbonyl (C=O) groups excluding carboxylic acids is 1. The van der Waals surface area contributed by atoms with E-state index in [0.29, 0.717) is 17.9 Å². The third-order valence-electron chi connectivity index (χ3n) is 5.35. The Balaban J connectivity index is 1.50. The first-order chi connectivity index (χ1) is 13.3. The maximum absolute atomic E-state index is 13.2. The lowest BCUT2D eigenvalue weighted by molar-refractivity contribution is 0.0736. The van der Waals surface area contributed by atoms with Crippen molar-refractivity contribution in [2.75, 3.05) is 13.1 Å². The van der Waals surface area contributed by atoms with Crippen molar-refractivity contribution in [1.29, 1.82) is 0 Å². The van der Waals surface area contributed by atoms with Gasteiger partial charge in [0.1, 0.15) is 0 Å². The fourth-order valence-corrected chi connectivity index (χ4v) is 4.68. The summed E-state index contributed by atoms with van der Waals surface area (Å²) in [4.78, 5) is 20.7. The van der Waals surface area contributed by atoms with Gasteiger partial charge in [-0.25, -0.2) is 9.67 Å². The van der Waals surface area contributed by atoms with Crippen molar-refractivity contribution in [2.45, 2.75) is 31.3 Å². The first-order valence-electron chi connectivity index (χ1n) is 9.39. The molecule has 7 heteroatoms. The van der Waals surface area contributed by atoms with Gasteiger partial charge in [-0.05, 0) is 42.8 Å². The zero-order valence-electron chi connectivity index (χ0n) is 14.9. The lowest BCUT2D eigenvalue weighted by atomic mass is 10.1. The molecular weight excluding hydrogens is 358 g/mol. The van der Waals surface area contributed by atoms with Gasteiger partial charge < -0.3 is 10.2 Å². The summed E-state index contributed by atoms with van der Waals surface area (Å²) in [5.74, 6) is 0.922. The number of amides is 1. The molecule has 2 aromatic heterocycles. The van der Waals surface area contributed by atoms with Crippen LogP contribution in [0, 0.1) is 0 Å². The van der Waals surface area contributed by atoms with E-state index < -0.39 is 0 Å². The molecule has 0 saturated carbocycles. The van der Waals surface area contributed by atoms with Gasteiger partial charge in [0.25, 0.3) is 5.91 Å². The van der Waals surface area contributed by atoms with Crippen LogP contribution in [0.4, 0.5) is 0 Å². The lowest BCUT2D eigenvalue weighted by Crippen LogP contribution is -2.39. The molecule has 2 unspecified atom stereocenters. The molecule has 2 aliphatic heterocycles. The van der Waals surface area contributed by atoms with E-state index in [9.17, 15) is 4.79 Å². The Hall–Kier alpha value is -2.51. The summed E-state index contributed by atoms with van der Waals surface area (Å²) in [5.41, 5.74) is 0.907. The van der Waals surface area contributed by atoms with E-state index in [2.05, 4.69) is 15.4 Å². The molecule has 2 atom stereocenters. The van der Waals surface area contributed by atoms with Crippen LogP contribution in [0.15, 0.2) is 47.8 Å². The van der Waals surface area contributed by atoms with Gasteiger partial charge in [0.05, 0.1) is 10.6 Å². The van der Waals surface area contributed by atoms with Crippen LogP contribution in [0.2, 0.25) is 0 Å². The van der Waals surface area contributed by atoms with Crippen LogP contribution in [-0.2, 0) is 0 Å². The normalized spacial score (nSPS) is 22.0. The molecule has 2 fully saturated rings. The first-order valence-corrected chi connectivity index (χ1v) is 10.3. The highest BCUT2D eigenvalue weighted by Crippen LogP contribution is 2.26. The van der Waals surface area contributed by atoms with Crippen LogP contribution in [0.1, 0.15) is 29.9 Å². The highest BCUT2D eigenvalue weighted by molar-refractivity contribution is 7.13. The minimum Gasteiger partial charge on any atom is -0.334 e. The topological polar surface area (TPSA) is 63.1 Å². The molecule has 1 N–H and O–H groups in total. The molecule has 1 aromatic carbocycles. The van der Waals surface area contributed by atoms with E-state index in [0.717, 1.165) is 36.5 Å². The molecule has 6 nitrogen and oxygen atoms in total. The van der Waals surface area contributed by atoms with Gasteiger partial charge >= 0.3 is 0 Å². The van der Waals surface area contributed by atoms with Gasteiger partial charge in [-0.1, -0.05) is 24.3 Å². The van der Waals surface area contributed by atoms with Crippen LogP contribution < -0.4 is 5.32 Å². The standard InChI is InChI=1S/C20H21N5OS/c26-20(24-11-10-14-8-9-15(13-24)21-14)18-22-19(17-7-4-12-27-17)25(23-18)16-5-2-1-3-6-16/h1-7,12,14-15,21H,8-11,13H2. The first kappa shape index (κ1) is 16.6. The van der Waals surface area contributed by atoms with Crippen molar-refractivity contribution in [2.24, 2.45) is 0 Å². The Labute approximate surface area is 161 Å². The highest BCUT2D eigenvalue weighted by Gasteiger charge is 2.33. The molecule has 0 radical (unpaired) electrons. The number of thiophene rings is 1. The van der Waals surface area contributed by atoms with Crippen LogP contribution in [0.3, 0.4) is 0 Å². The summed E-state index contributed by atoms with van der Waals surface area (Å²) in [6.07, 6.45) is 3.36. The third-order valence-corrected chi connectivity index (χ3v) is 6.22.